The van der Waals surface area contributed by atoms with Crippen LogP contribution < -0.4 is 5.63 Å². The summed E-state index contributed by atoms with van der Waals surface area (Å²) in [6, 6.07) is 13.5. The first kappa shape index (κ1) is 18.0. The number of rotatable bonds is 1. The van der Waals surface area contributed by atoms with Gasteiger partial charge in [-0.3, -0.25) is 4.99 Å². The van der Waals surface area contributed by atoms with Gasteiger partial charge in [-0.2, -0.15) is 0 Å². The van der Waals surface area contributed by atoms with Gasteiger partial charge in [-0.15, -0.1) is 0 Å². The lowest BCUT2D eigenvalue weighted by Gasteiger charge is -2.44. The molecular weight excluding hydrogens is 358 g/mol. The molecule has 1 aliphatic rings. The molecule has 4 rings (SSSR count). The van der Waals surface area contributed by atoms with Gasteiger partial charge in [-0.05, 0) is 44.0 Å². The highest BCUT2D eigenvalue weighted by molar-refractivity contribution is 6.40. The van der Waals surface area contributed by atoms with E-state index in [4.69, 9.17) is 21.0 Å². The fourth-order valence-corrected chi connectivity index (χ4v) is 4.09. The molecule has 0 spiro atoms. The molecule has 1 aromatic heterocycles. The van der Waals surface area contributed by atoms with E-state index in [9.17, 15) is 4.79 Å². The van der Waals surface area contributed by atoms with Crippen molar-refractivity contribution in [2.75, 3.05) is 0 Å². The number of halogens is 1. The second kappa shape index (κ2) is 5.80. The van der Waals surface area contributed by atoms with E-state index in [-0.39, 0.29) is 16.6 Å². The molecule has 3 nitrogen and oxygen atoms in total. The van der Waals surface area contributed by atoms with Crippen LogP contribution in [0.2, 0.25) is 5.02 Å². The molecule has 0 amide bonds. The van der Waals surface area contributed by atoms with Crippen molar-refractivity contribution >= 4 is 28.3 Å². The Bertz CT molecular complexity index is 1170. The summed E-state index contributed by atoms with van der Waals surface area (Å²) in [4.78, 5) is 16.8. The maximum absolute atomic E-state index is 11.6. The second-order valence-electron chi connectivity index (χ2n) is 8.24. The van der Waals surface area contributed by atoms with E-state index < -0.39 is 0 Å². The van der Waals surface area contributed by atoms with Crippen LogP contribution in [0.4, 0.5) is 0 Å². The van der Waals surface area contributed by atoms with E-state index in [2.05, 4.69) is 45.9 Å². The molecule has 0 atom stereocenters. The van der Waals surface area contributed by atoms with Crippen molar-refractivity contribution in [3.8, 4) is 0 Å². The largest absolute Gasteiger partial charge is 0.422 e. The Hall–Kier alpha value is -2.39. The maximum Gasteiger partial charge on any atom is 0.336 e. The molecule has 3 aromatic rings. The number of nitrogens with zero attached hydrogens (tertiary/aromatic N) is 1. The minimum absolute atomic E-state index is 0.113. The molecule has 0 N–H and O–H groups in total. The highest BCUT2D eigenvalue weighted by Gasteiger charge is 2.44. The van der Waals surface area contributed by atoms with Crippen LogP contribution in [-0.2, 0) is 5.41 Å². The number of hydrogen-bond acceptors (Lipinski definition) is 3. The van der Waals surface area contributed by atoms with Gasteiger partial charge in [0.2, 0.25) is 0 Å². The topological polar surface area (TPSA) is 42.6 Å². The molecule has 1 aliphatic heterocycles. The zero-order valence-corrected chi connectivity index (χ0v) is 16.9. The Morgan fingerprint density at radius 2 is 1.70 bits per heavy atom. The third kappa shape index (κ3) is 2.56. The quantitative estimate of drug-likeness (QED) is 0.512. The van der Waals surface area contributed by atoms with Gasteiger partial charge in [0.1, 0.15) is 5.58 Å². The van der Waals surface area contributed by atoms with Crippen LogP contribution >= 0.6 is 11.6 Å². The SMILES string of the molecule is Cc1cc(C2=NC(C)(C)C(C)(C)c3ccccc32)c(Cl)c2ccc(=O)oc12. The maximum atomic E-state index is 11.6. The Morgan fingerprint density at radius 3 is 2.44 bits per heavy atom. The molecule has 0 aliphatic carbocycles. The highest BCUT2D eigenvalue weighted by Crippen LogP contribution is 2.45. The van der Waals surface area contributed by atoms with Gasteiger partial charge in [-0.25, -0.2) is 4.79 Å². The molecule has 0 radical (unpaired) electrons. The summed E-state index contributed by atoms with van der Waals surface area (Å²) >= 11 is 6.79. The average molecular weight is 380 g/mol. The van der Waals surface area contributed by atoms with E-state index >= 15 is 0 Å². The van der Waals surface area contributed by atoms with Crippen LogP contribution in [0.1, 0.15) is 49.9 Å². The van der Waals surface area contributed by atoms with Crippen molar-refractivity contribution in [3.05, 3.63) is 80.2 Å². The molecule has 0 bridgehead atoms. The standard InChI is InChI=1S/C23H22ClNO2/c1-13-12-16(19(24)15-10-11-18(26)27-21(13)15)20-14-8-6-7-9-17(14)22(2,3)23(4,5)25-20/h6-12H,1-5H3. The van der Waals surface area contributed by atoms with E-state index in [1.54, 1.807) is 6.07 Å². The number of aryl methyl sites for hydroxylation is 1. The van der Waals surface area contributed by atoms with E-state index in [0.717, 1.165) is 27.8 Å². The fourth-order valence-electron chi connectivity index (χ4n) is 3.79. The predicted molar refractivity (Wildman–Crippen MR) is 111 cm³/mol. The van der Waals surface area contributed by atoms with E-state index in [1.165, 1.54) is 11.6 Å². The Labute approximate surface area is 163 Å². The molecule has 4 heteroatoms. The molecule has 2 aromatic carbocycles. The van der Waals surface area contributed by atoms with Crippen LogP contribution in [0.5, 0.6) is 0 Å². The Morgan fingerprint density at radius 1 is 1.00 bits per heavy atom. The van der Waals surface area contributed by atoms with Gasteiger partial charge in [0, 0.05) is 28.0 Å². The van der Waals surface area contributed by atoms with Gasteiger partial charge in [0.25, 0.3) is 0 Å². The lowest BCUT2D eigenvalue weighted by Crippen LogP contribution is -2.46. The first-order chi connectivity index (χ1) is 12.6. The third-order valence-electron chi connectivity index (χ3n) is 6.06. The first-order valence-electron chi connectivity index (χ1n) is 9.06. The summed E-state index contributed by atoms with van der Waals surface area (Å²) in [5.74, 6) is 0. The second-order valence-corrected chi connectivity index (χ2v) is 8.62. The number of aliphatic imine (C=N–C) groups is 1. The van der Waals surface area contributed by atoms with E-state index in [0.29, 0.717) is 10.6 Å². The van der Waals surface area contributed by atoms with Gasteiger partial charge < -0.3 is 4.42 Å². The zero-order chi connectivity index (χ0) is 19.6. The number of hydrogen-bond donors (Lipinski definition) is 0. The Kier molecular flexibility index (Phi) is 3.87. The molecule has 138 valence electrons. The van der Waals surface area contributed by atoms with Gasteiger partial charge in [-0.1, -0.05) is 49.7 Å². The summed E-state index contributed by atoms with van der Waals surface area (Å²) in [7, 11) is 0. The normalized spacial score (nSPS) is 17.5. The summed E-state index contributed by atoms with van der Waals surface area (Å²) < 4.78 is 5.38. The predicted octanol–water partition coefficient (Wildman–Crippen LogP) is 5.66. The van der Waals surface area contributed by atoms with Crippen molar-refractivity contribution in [3.63, 3.8) is 0 Å². The lowest BCUT2D eigenvalue weighted by molar-refractivity contribution is 0.303. The van der Waals surface area contributed by atoms with Crippen molar-refractivity contribution in [2.24, 2.45) is 4.99 Å². The molecular formula is C23H22ClNO2. The van der Waals surface area contributed by atoms with Gasteiger partial charge >= 0.3 is 5.63 Å². The first-order valence-corrected chi connectivity index (χ1v) is 9.44. The molecule has 2 heterocycles. The molecule has 0 saturated heterocycles. The monoisotopic (exact) mass is 379 g/mol. The van der Waals surface area contributed by atoms with Crippen molar-refractivity contribution < 1.29 is 4.42 Å². The van der Waals surface area contributed by atoms with Crippen LogP contribution in [0, 0.1) is 6.92 Å². The highest BCUT2D eigenvalue weighted by atomic mass is 35.5. The number of benzene rings is 2. The van der Waals surface area contributed by atoms with E-state index in [1.807, 2.05) is 19.1 Å². The summed E-state index contributed by atoms with van der Waals surface area (Å²) in [6.45, 7) is 10.7. The molecule has 27 heavy (non-hydrogen) atoms. The minimum atomic E-state index is -0.377. The van der Waals surface area contributed by atoms with Crippen LogP contribution in [-0.4, -0.2) is 11.3 Å². The average Bonchev–Trinajstić information content (AvgIpc) is 2.62. The zero-order valence-electron chi connectivity index (χ0n) is 16.2. The smallest absolute Gasteiger partial charge is 0.336 e. The molecule has 0 unspecified atom stereocenters. The van der Waals surface area contributed by atoms with Gasteiger partial charge in [0.15, 0.2) is 0 Å². The molecule has 0 saturated carbocycles. The van der Waals surface area contributed by atoms with Crippen molar-refractivity contribution in [2.45, 2.75) is 45.6 Å². The lowest BCUT2D eigenvalue weighted by atomic mass is 9.65. The Balaban J connectivity index is 2.07. The summed E-state index contributed by atoms with van der Waals surface area (Å²) in [5.41, 5.74) is 4.71. The van der Waals surface area contributed by atoms with Gasteiger partial charge in [0.05, 0.1) is 16.3 Å². The van der Waals surface area contributed by atoms with Crippen LogP contribution in [0.15, 0.2) is 56.7 Å². The summed E-state index contributed by atoms with van der Waals surface area (Å²) in [6.07, 6.45) is 0. The van der Waals surface area contributed by atoms with Crippen LogP contribution in [0.3, 0.4) is 0 Å². The molecule has 0 fully saturated rings. The minimum Gasteiger partial charge on any atom is -0.422 e. The van der Waals surface area contributed by atoms with Crippen LogP contribution in [0.25, 0.3) is 11.0 Å². The van der Waals surface area contributed by atoms with Crippen molar-refractivity contribution in [1.29, 1.82) is 0 Å². The fraction of sp³-hybridized carbons (Fsp3) is 0.304. The third-order valence-corrected chi connectivity index (χ3v) is 6.46. The summed E-state index contributed by atoms with van der Waals surface area (Å²) in [5, 5.41) is 1.29. The van der Waals surface area contributed by atoms with Crippen molar-refractivity contribution in [1.82, 2.24) is 0 Å². The number of fused-ring (bicyclic) bond motifs is 2.